The largest absolute Gasteiger partial charge is 0.356 e. The molecule has 28 heavy (non-hydrogen) atoms. The maximum absolute atomic E-state index is 12.2. The molecule has 0 saturated heterocycles. The third-order valence-electron chi connectivity index (χ3n) is 4.36. The molecule has 1 amide bonds. The van der Waals surface area contributed by atoms with Crippen molar-refractivity contribution in [3.05, 3.63) is 82.8 Å². The zero-order valence-corrected chi connectivity index (χ0v) is 15.0. The number of aromatic nitrogens is 3. The molecule has 0 unspecified atom stereocenters. The van der Waals surface area contributed by atoms with Crippen LogP contribution in [0.2, 0.25) is 0 Å². The summed E-state index contributed by atoms with van der Waals surface area (Å²) >= 11 is 0. The van der Waals surface area contributed by atoms with Gasteiger partial charge in [-0.3, -0.25) is 9.59 Å². The van der Waals surface area contributed by atoms with Crippen molar-refractivity contribution in [1.82, 2.24) is 20.3 Å². The highest BCUT2D eigenvalue weighted by Crippen LogP contribution is 2.18. The first-order valence-corrected chi connectivity index (χ1v) is 8.94. The van der Waals surface area contributed by atoms with E-state index in [0.29, 0.717) is 23.5 Å². The molecule has 0 bridgehead atoms. The fraction of sp³-hybridized carbons (Fsp3) is 0.143. The molecule has 0 aliphatic rings. The number of fused-ring (bicyclic) bond motifs is 1. The van der Waals surface area contributed by atoms with E-state index in [1.165, 1.54) is 10.7 Å². The number of nitrogens with zero attached hydrogens (tertiary/aromatic N) is 3. The first kappa shape index (κ1) is 17.7. The van der Waals surface area contributed by atoms with Crippen molar-refractivity contribution in [3.63, 3.8) is 0 Å². The Morgan fingerprint density at radius 2 is 1.79 bits per heavy atom. The topological polar surface area (TPSA) is 90.0 Å². The molecule has 0 fully saturated rings. The van der Waals surface area contributed by atoms with Gasteiger partial charge in [-0.2, -0.15) is 5.10 Å². The monoisotopic (exact) mass is 374 g/mol. The Kier molecular flexibility index (Phi) is 4.97. The summed E-state index contributed by atoms with van der Waals surface area (Å²) in [7, 11) is 0. The van der Waals surface area contributed by atoms with E-state index >= 15 is 0 Å². The smallest absolute Gasteiger partial charge is 0.266 e. The van der Waals surface area contributed by atoms with Crippen LogP contribution in [-0.4, -0.2) is 27.4 Å². The number of hydrogen-bond donors (Lipinski definition) is 1. The van der Waals surface area contributed by atoms with Crippen molar-refractivity contribution in [2.75, 3.05) is 6.54 Å². The van der Waals surface area contributed by atoms with Crippen molar-refractivity contribution >= 4 is 16.9 Å². The van der Waals surface area contributed by atoms with E-state index in [-0.39, 0.29) is 24.4 Å². The quantitative estimate of drug-likeness (QED) is 0.560. The number of benzene rings is 2. The second kappa shape index (κ2) is 7.87. The van der Waals surface area contributed by atoms with Crippen molar-refractivity contribution in [2.24, 2.45) is 0 Å². The number of nitrogens with one attached hydrogen (secondary N) is 1. The van der Waals surface area contributed by atoms with Gasteiger partial charge in [0, 0.05) is 23.6 Å². The molecule has 0 spiro atoms. The maximum Gasteiger partial charge on any atom is 0.266 e. The van der Waals surface area contributed by atoms with Gasteiger partial charge in [0.25, 0.3) is 5.56 Å². The minimum Gasteiger partial charge on any atom is -0.356 e. The molecule has 0 radical (unpaired) electrons. The summed E-state index contributed by atoms with van der Waals surface area (Å²) in [5.74, 6) is -0.189. The van der Waals surface area contributed by atoms with Gasteiger partial charge in [0.2, 0.25) is 5.91 Å². The second-order valence-electron chi connectivity index (χ2n) is 6.30. The average Bonchev–Trinajstić information content (AvgIpc) is 3.13. The number of amides is 1. The van der Waals surface area contributed by atoms with E-state index in [2.05, 4.69) is 15.6 Å². The lowest BCUT2D eigenvalue weighted by atomic mass is 10.1. The van der Waals surface area contributed by atoms with Gasteiger partial charge in [-0.25, -0.2) is 4.68 Å². The molecule has 4 rings (SSSR count). The first-order valence-electron chi connectivity index (χ1n) is 8.94. The number of carbonyl (C=O) groups excluding carboxylic acids is 1. The summed E-state index contributed by atoms with van der Waals surface area (Å²) < 4.78 is 6.56. The molecule has 4 aromatic rings. The summed E-state index contributed by atoms with van der Waals surface area (Å²) in [5, 5.41) is 12.0. The van der Waals surface area contributed by atoms with Crippen LogP contribution in [-0.2, 0) is 17.8 Å². The van der Waals surface area contributed by atoms with E-state index in [9.17, 15) is 9.59 Å². The van der Waals surface area contributed by atoms with Crippen LogP contribution in [0.4, 0.5) is 0 Å². The summed E-state index contributed by atoms with van der Waals surface area (Å²) in [6, 6.07) is 20.2. The zero-order valence-electron chi connectivity index (χ0n) is 15.0. The molecule has 1 N–H and O–H groups in total. The Morgan fingerprint density at radius 3 is 2.64 bits per heavy atom. The molecule has 0 aliphatic heterocycles. The van der Waals surface area contributed by atoms with Gasteiger partial charge in [-0.05, 0) is 18.2 Å². The van der Waals surface area contributed by atoms with Gasteiger partial charge >= 0.3 is 0 Å². The summed E-state index contributed by atoms with van der Waals surface area (Å²) in [4.78, 5) is 24.3. The van der Waals surface area contributed by atoms with Crippen LogP contribution < -0.4 is 10.9 Å². The van der Waals surface area contributed by atoms with Crippen molar-refractivity contribution < 1.29 is 9.32 Å². The molecule has 7 heteroatoms. The Hall–Kier alpha value is -3.74. The lowest BCUT2D eigenvalue weighted by Gasteiger charge is -2.08. The van der Waals surface area contributed by atoms with E-state index in [1.54, 1.807) is 6.07 Å². The van der Waals surface area contributed by atoms with E-state index in [1.807, 2.05) is 54.6 Å². The molecule has 0 saturated carbocycles. The highest BCUT2D eigenvalue weighted by molar-refractivity contribution is 5.86. The van der Waals surface area contributed by atoms with Crippen molar-refractivity contribution in [2.45, 2.75) is 13.0 Å². The van der Waals surface area contributed by atoms with Gasteiger partial charge < -0.3 is 9.84 Å². The molecular formula is C21H18N4O3. The Bertz CT molecular complexity index is 1160. The molecule has 0 aliphatic carbocycles. The maximum atomic E-state index is 12.2. The van der Waals surface area contributed by atoms with Gasteiger partial charge in [-0.15, -0.1) is 0 Å². The van der Waals surface area contributed by atoms with Gasteiger partial charge in [0.05, 0.1) is 18.7 Å². The first-order chi connectivity index (χ1) is 13.7. The minimum absolute atomic E-state index is 0.114. The molecule has 2 aromatic heterocycles. The number of rotatable bonds is 6. The van der Waals surface area contributed by atoms with E-state index in [4.69, 9.17) is 4.52 Å². The van der Waals surface area contributed by atoms with Crippen molar-refractivity contribution in [3.8, 4) is 11.3 Å². The third kappa shape index (κ3) is 3.83. The lowest BCUT2D eigenvalue weighted by Crippen LogP contribution is -2.32. The molecule has 2 heterocycles. The van der Waals surface area contributed by atoms with E-state index in [0.717, 1.165) is 10.9 Å². The SMILES string of the molecule is O=C(Cc1noc2ccccc12)NCCn1nc(-c2ccccc2)ccc1=O. The lowest BCUT2D eigenvalue weighted by molar-refractivity contribution is -0.120. The summed E-state index contributed by atoms with van der Waals surface area (Å²) in [5.41, 5.74) is 2.67. The van der Waals surface area contributed by atoms with Crippen LogP contribution >= 0.6 is 0 Å². The predicted molar refractivity (Wildman–Crippen MR) is 105 cm³/mol. The van der Waals surface area contributed by atoms with Crippen LogP contribution in [0.15, 0.2) is 76.0 Å². The molecule has 0 atom stereocenters. The molecule has 2 aromatic carbocycles. The van der Waals surface area contributed by atoms with Crippen molar-refractivity contribution in [1.29, 1.82) is 0 Å². The van der Waals surface area contributed by atoms with Gasteiger partial charge in [-0.1, -0.05) is 47.6 Å². The minimum atomic E-state index is -0.212. The average molecular weight is 374 g/mol. The van der Waals surface area contributed by atoms with Crippen LogP contribution in [0.1, 0.15) is 5.69 Å². The zero-order chi connectivity index (χ0) is 19.3. The highest BCUT2D eigenvalue weighted by atomic mass is 16.5. The normalized spacial score (nSPS) is 10.9. The van der Waals surface area contributed by atoms with Gasteiger partial charge in [0.15, 0.2) is 5.58 Å². The number of hydrogen-bond acceptors (Lipinski definition) is 5. The molecule has 140 valence electrons. The Labute approximate surface area is 160 Å². The summed E-state index contributed by atoms with van der Waals surface area (Å²) in [6.07, 6.45) is 0.114. The number of carbonyl (C=O) groups is 1. The van der Waals surface area contributed by atoms with E-state index < -0.39 is 0 Å². The van der Waals surface area contributed by atoms with Crippen LogP contribution in [0.3, 0.4) is 0 Å². The molecular weight excluding hydrogens is 356 g/mol. The fourth-order valence-corrected chi connectivity index (χ4v) is 2.95. The van der Waals surface area contributed by atoms with Crippen LogP contribution in [0.25, 0.3) is 22.2 Å². The van der Waals surface area contributed by atoms with Gasteiger partial charge in [0.1, 0.15) is 5.69 Å². The summed E-state index contributed by atoms with van der Waals surface area (Å²) in [6.45, 7) is 0.574. The fourth-order valence-electron chi connectivity index (χ4n) is 2.95. The Balaban J connectivity index is 1.38. The van der Waals surface area contributed by atoms with Crippen LogP contribution in [0.5, 0.6) is 0 Å². The highest BCUT2D eigenvalue weighted by Gasteiger charge is 2.12. The second-order valence-corrected chi connectivity index (χ2v) is 6.30. The molecule has 7 nitrogen and oxygen atoms in total. The standard InChI is InChI=1S/C21H18N4O3/c26-20(14-18-16-8-4-5-9-19(16)28-24-18)22-12-13-25-21(27)11-10-17(23-25)15-6-2-1-3-7-15/h1-11H,12-14H2,(H,22,26). The Morgan fingerprint density at radius 1 is 1.00 bits per heavy atom. The third-order valence-corrected chi connectivity index (χ3v) is 4.36. The predicted octanol–water partition coefficient (Wildman–Crippen LogP) is 2.41. The van der Waals surface area contributed by atoms with Crippen LogP contribution in [0, 0.1) is 0 Å². The number of para-hydroxylation sites is 1.